The summed E-state index contributed by atoms with van der Waals surface area (Å²) in [5.41, 5.74) is 9.85. The van der Waals surface area contributed by atoms with Gasteiger partial charge in [0.1, 0.15) is 0 Å². The molecular weight excluding hydrogens is 205 g/mol. The quantitative estimate of drug-likeness (QED) is 0.417. The maximum atomic E-state index is 12.2. The van der Waals surface area contributed by atoms with Crippen molar-refractivity contribution in [3.63, 3.8) is 0 Å². The van der Waals surface area contributed by atoms with Crippen molar-refractivity contribution in [1.29, 1.82) is 0 Å². The number of rotatable bonds is 2. The summed E-state index contributed by atoms with van der Waals surface area (Å²) in [5, 5.41) is 3.76. The van der Waals surface area contributed by atoms with Crippen molar-refractivity contribution in [2.75, 3.05) is 0 Å². The van der Waals surface area contributed by atoms with E-state index in [1.807, 2.05) is 0 Å². The van der Waals surface area contributed by atoms with Gasteiger partial charge in [-0.3, -0.25) is 0 Å². The second kappa shape index (κ2) is 3.63. The molecule has 0 fully saturated rings. The lowest BCUT2D eigenvalue weighted by atomic mass is 10.2. The fourth-order valence-electron chi connectivity index (χ4n) is 0.662. The average Bonchev–Trinajstić information content (AvgIpc) is 2.49. The minimum absolute atomic E-state index is 0.324. The Morgan fingerprint density at radius 2 is 2.38 bits per heavy atom. The highest BCUT2D eigenvalue weighted by Gasteiger charge is 2.41. The summed E-state index contributed by atoms with van der Waals surface area (Å²) in [6.07, 6.45) is -4.60. The first kappa shape index (κ1) is 9.82. The third kappa shape index (κ3) is 2.33. The standard InChI is InChI=1S/C5H2F3N4S/c6-5(7,8)4(11-12-9)3-1-13-2-10-3/h1,4H. The van der Waals surface area contributed by atoms with Gasteiger partial charge >= 0.3 is 6.18 Å². The van der Waals surface area contributed by atoms with E-state index in [0.29, 0.717) is 0 Å². The van der Waals surface area contributed by atoms with Gasteiger partial charge in [-0.25, -0.2) is 4.98 Å². The molecule has 1 radical (unpaired) electrons. The van der Waals surface area contributed by atoms with E-state index in [1.54, 1.807) is 0 Å². The molecule has 0 saturated carbocycles. The number of hydrogen-bond donors (Lipinski definition) is 0. The molecule has 0 saturated heterocycles. The first-order valence-electron chi connectivity index (χ1n) is 2.98. The first-order valence-corrected chi connectivity index (χ1v) is 3.86. The Balaban J connectivity index is 3.00. The van der Waals surface area contributed by atoms with Crippen molar-refractivity contribution >= 4 is 11.3 Å². The van der Waals surface area contributed by atoms with Crippen molar-refractivity contribution in [2.24, 2.45) is 5.11 Å². The number of aromatic nitrogens is 1. The molecule has 1 atom stereocenters. The van der Waals surface area contributed by atoms with Gasteiger partial charge < -0.3 is 0 Å². The van der Waals surface area contributed by atoms with Crippen LogP contribution in [0.25, 0.3) is 10.4 Å². The molecule has 4 nitrogen and oxygen atoms in total. The topological polar surface area (TPSA) is 61.7 Å². The predicted molar refractivity (Wildman–Crippen MR) is 38.9 cm³/mol. The molecule has 0 N–H and O–H groups in total. The van der Waals surface area contributed by atoms with E-state index < -0.39 is 12.2 Å². The molecule has 0 spiro atoms. The third-order valence-corrected chi connectivity index (χ3v) is 1.72. The summed E-state index contributed by atoms with van der Waals surface area (Å²) < 4.78 is 36.5. The fraction of sp³-hybridized carbons (Fsp3) is 0.400. The number of halogens is 3. The van der Waals surface area contributed by atoms with Crippen LogP contribution < -0.4 is 0 Å². The Morgan fingerprint density at radius 1 is 1.69 bits per heavy atom. The van der Waals surface area contributed by atoms with Crippen molar-refractivity contribution in [3.05, 3.63) is 27.0 Å². The SMILES string of the molecule is [N-]=[N+]=NC(c1cs[c]n1)C(F)(F)F. The summed E-state index contributed by atoms with van der Waals surface area (Å²) in [5.74, 6) is 0. The zero-order valence-corrected chi connectivity index (χ0v) is 6.80. The van der Waals surface area contributed by atoms with E-state index in [4.69, 9.17) is 5.53 Å². The molecular formula is C5H2F3N4S. The van der Waals surface area contributed by atoms with E-state index in [1.165, 1.54) is 0 Å². The molecule has 0 aliphatic rings. The zero-order chi connectivity index (χ0) is 9.90. The highest BCUT2D eigenvalue weighted by atomic mass is 32.1. The Labute approximate surface area is 74.7 Å². The molecule has 1 aromatic rings. The summed E-state index contributed by atoms with van der Waals surface area (Å²) in [7, 11) is 0. The van der Waals surface area contributed by atoms with Crippen LogP contribution in [-0.2, 0) is 0 Å². The lowest BCUT2D eigenvalue weighted by Gasteiger charge is -2.11. The van der Waals surface area contributed by atoms with Gasteiger partial charge in [0.15, 0.2) is 11.6 Å². The van der Waals surface area contributed by atoms with Crippen LogP contribution in [0.15, 0.2) is 10.5 Å². The fourth-order valence-corrected chi connectivity index (χ4v) is 1.17. The summed E-state index contributed by atoms with van der Waals surface area (Å²) in [6, 6.07) is -2.21. The first-order chi connectivity index (χ1) is 6.05. The van der Waals surface area contributed by atoms with Crippen LogP contribution in [0.2, 0.25) is 0 Å². The van der Waals surface area contributed by atoms with Gasteiger partial charge in [0.05, 0.1) is 5.69 Å². The van der Waals surface area contributed by atoms with Crippen LogP contribution in [0.5, 0.6) is 0 Å². The molecule has 1 rings (SSSR count). The van der Waals surface area contributed by atoms with Gasteiger partial charge in [0.25, 0.3) is 0 Å². The van der Waals surface area contributed by atoms with Gasteiger partial charge in [0.2, 0.25) is 0 Å². The molecule has 69 valence electrons. The number of nitrogens with zero attached hydrogens (tertiary/aromatic N) is 4. The molecule has 1 aromatic heterocycles. The van der Waals surface area contributed by atoms with E-state index in [9.17, 15) is 13.2 Å². The van der Waals surface area contributed by atoms with Gasteiger partial charge in [0, 0.05) is 10.3 Å². The van der Waals surface area contributed by atoms with Gasteiger partial charge in [-0.1, -0.05) is 5.11 Å². The highest BCUT2D eigenvalue weighted by Crippen LogP contribution is 2.35. The Morgan fingerprint density at radius 3 is 2.77 bits per heavy atom. The Hall–Kier alpha value is -1.27. The minimum Gasteiger partial charge on any atom is -0.238 e. The van der Waals surface area contributed by atoms with Gasteiger partial charge in [-0.2, -0.15) is 13.2 Å². The van der Waals surface area contributed by atoms with Crippen LogP contribution in [-0.4, -0.2) is 11.2 Å². The smallest absolute Gasteiger partial charge is 0.238 e. The second-order valence-corrected chi connectivity index (χ2v) is 2.67. The Kier molecular flexibility index (Phi) is 2.74. The van der Waals surface area contributed by atoms with Crippen molar-refractivity contribution in [2.45, 2.75) is 12.2 Å². The monoisotopic (exact) mass is 207 g/mol. The third-order valence-electron chi connectivity index (χ3n) is 1.16. The van der Waals surface area contributed by atoms with Crippen LogP contribution >= 0.6 is 11.3 Å². The van der Waals surface area contributed by atoms with E-state index >= 15 is 0 Å². The Bertz CT molecular complexity index is 313. The van der Waals surface area contributed by atoms with Crippen molar-refractivity contribution in [3.8, 4) is 0 Å². The maximum absolute atomic E-state index is 12.2. The van der Waals surface area contributed by atoms with Gasteiger partial charge in [-0.15, -0.1) is 11.3 Å². The molecule has 0 aromatic carbocycles. The van der Waals surface area contributed by atoms with Crippen molar-refractivity contribution in [1.82, 2.24) is 4.98 Å². The molecule has 0 aliphatic heterocycles. The molecule has 0 bridgehead atoms. The predicted octanol–water partition coefficient (Wildman–Crippen LogP) is 2.86. The molecule has 1 unspecified atom stereocenters. The second-order valence-electron chi connectivity index (χ2n) is 2.01. The molecule has 13 heavy (non-hydrogen) atoms. The van der Waals surface area contributed by atoms with E-state index in [-0.39, 0.29) is 5.69 Å². The average molecular weight is 207 g/mol. The molecule has 0 aliphatic carbocycles. The van der Waals surface area contributed by atoms with Crippen LogP contribution in [0.4, 0.5) is 13.2 Å². The summed E-state index contributed by atoms with van der Waals surface area (Å²) >= 11 is 0.890. The molecule has 0 amide bonds. The zero-order valence-electron chi connectivity index (χ0n) is 5.99. The van der Waals surface area contributed by atoms with Crippen LogP contribution in [0.3, 0.4) is 0 Å². The van der Waals surface area contributed by atoms with E-state index in [0.717, 1.165) is 16.7 Å². The van der Waals surface area contributed by atoms with E-state index in [2.05, 4.69) is 20.5 Å². The minimum atomic E-state index is -4.60. The molecule has 8 heteroatoms. The number of thiazole rings is 1. The largest absolute Gasteiger partial charge is 0.403 e. The van der Waals surface area contributed by atoms with Gasteiger partial charge in [-0.05, 0) is 5.53 Å². The van der Waals surface area contributed by atoms with Crippen molar-refractivity contribution < 1.29 is 13.2 Å². The highest BCUT2D eigenvalue weighted by molar-refractivity contribution is 7.07. The number of azide groups is 1. The van der Waals surface area contributed by atoms with Crippen LogP contribution in [0.1, 0.15) is 11.7 Å². The molecule has 1 heterocycles. The normalized spacial score (nSPS) is 13.5. The summed E-state index contributed by atoms with van der Waals surface area (Å²) in [4.78, 5) is 5.42. The number of hydrogen-bond acceptors (Lipinski definition) is 3. The number of alkyl halides is 3. The summed E-state index contributed by atoms with van der Waals surface area (Å²) in [6.45, 7) is 0. The van der Waals surface area contributed by atoms with Crippen LogP contribution in [0, 0.1) is 5.51 Å². The lowest BCUT2D eigenvalue weighted by molar-refractivity contribution is -0.149. The maximum Gasteiger partial charge on any atom is 0.403 e. The lowest BCUT2D eigenvalue weighted by Crippen LogP contribution is -2.18.